The summed E-state index contributed by atoms with van der Waals surface area (Å²) < 4.78 is 11.8. The van der Waals surface area contributed by atoms with Crippen molar-refractivity contribution >= 4 is 23.3 Å². The Hall–Kier alpha value is -4.15. The molecule has 0 spiro atoms. The van der Waals surface area contributed by atoms with Gasteiger partial charge in [-0.15, -0.1) is 0 Å². The number of carbonyl (C=O) groups is 2. The van der Waals surface area contributed by atoms with Crippen molar-refractivity contribution in [3.63, 3.8) is 0 Å². The maximum Gasteiger partial charge on any atom is 0.323 e. The maximum atomic E-state index is 13.7. The fraction of sp³-hybridized carbons (Fsp3) is 0.367. The van der Waals surface area contributed by atoms with Crippen molar-refractivity contribution in [3.8, 4) is 11.5 Å². The summed E-state index contributed by atoms with van der Waals surface area (Å²) in [6, 6.07) is 15.2. The summed E-state index contributed by atoms with van der Waals surface area (Å²) in [7, 11) is 3.59. The van der Waals surface area contributed by atoms with E-state index in [0.717, 1.165) is 5.56 Å². The van der Waals surface area contributed by atoms with E-state index < -0.39 is 6.03 Å². The van der Waals surface area contributed by atoms with Gasteiger partial charge in [-0.05, 0) is 68.1 Å². The predicted octanol–water partition coefficient (Wildman–Crippen LogP) is 4.09. The van der Waals surface area contributed by atoms with Crippen LogP contribution in [0.5, 0.6) is 11.5 Å². The first-order chi connectivity index (χ1) is 19.3. The Balaban J connectivity index is 1.61. The third kappa shape index (κ3) is 7.08. The Morgan fingerprint density at radius 2 is 1.90 bits per heavy atom. The highest BCUT2D eigenvalue weighted by Gasteiger charge is 2.34. The predicted molar refractivity (Wildman–Crippen MR) is 154 cm³/mol. The Labute approximate surface area is 234 Å². The van der Waals surface area contributed by atoms with E-state index in [-0.39, 0.29) is 30.6 Å². The number of anilines is 2. The molecule has 3 N–H and O–H groups in total. The van der Waals surface area contributed by atoms with Crippen LogP contribution in [-0.4, -0.2) is 77.8 Å². The van der Waals surface area contributed by atoms with Crippen molar-refractivity contribution in [1.29, 1.82) is 0 Å². The summed E-state index contributed by atoms with van der Waals surface area (Å²) in [6.07, 6.45) is 3.23. The molecule has 3 aromatic rings. The number of ether oxygens (including phenoxy) is 2. The lowest BCUT2D eigenvalue weighted by atomic mass is 9.99. The second-order valence-electron chi connectivity index (χ2n) is 10.2. The molecule has 0 fully saturated rings. The minimum atomic E-state index is -0.475. The normalized spacial score (nSPS) is 17.8. The lowest BCUT2D eigenvalue weighted by Gasteiger charge is -2.38. The number of amides is 3. The lowest BCUT2D eigenvalue weighted by Crippen LogP contribution is -2.49. The molecule has 3 amide bonds. The van der Waals surface area contributed by atoms with E-state index in [1.807, 2.05) is 33.0 Å². The number of fused-ring (bicyclic) bond motifs is 1. The summed E-state index contributed by atoms with van der Waals surface area (Å²) >= 11 is 0. The summed E-state index contributed by atoms with van der Waals surface area (Å²) in [4.78, 5) is 34.6. The number of nitrogens with zero attached hydrogens (tertiary/aromatic N) is 3. The number of likely N-dealkylation sites (N-methyl/N-ethyl adjacent to an activating group) is 1. The summed E-state index contributed by atoms with van der Waals surface area (Å²) in [5.41, 5.74) is 2.42. The molecule has 4 rings (SSSR count). The molecule has 1 aromatic heterocycles. The molecule has 3 atom stereocenters. The van der Waals surface area contributed by atoms with Gasteiger partial charge < -0.3 is 30.1 Å². The number of pyridine rings is 1. The molecule has 0 aliphatic carbocycles. The minimum absolute atomic E-state index is 0.0628. The van der Waals surface area contributed by atoms with Gasteiger partial charge in [0, 0.05) is 43.6 Å². The fourth-order valence-corrected chi connectivity index (χ4v) is 4.69. The SMILES string of the molecule is COc1ccc(NC(=O)Nc2cccc3c2O[C@H](CN(C)Cc2ccncc2)[C@@H](C)CN([C@@H](C)CO)C3=O)cc1. The molecule has 0 saturated carbocycles. The van der Waals surface area contributed by atoms with Gasteiger partial charge in [0.1, 0.15) is 11.9 Å². The zero-order valence-electron chi connectivity index (χ0n) is 23.3. The van der Waals surface area contributed by atoms with Gasteiger partial charge in [0.25, 0.3) is 5.91 Å². The van der Waals surface area contributed by atoms with Crippen LogP contribution < -0.4 is 20.1 Å². The maximum absolute atomic E-state index is 13.7. The van der Waals surface area contributed by atoms with E-state index in [2.05, 4.69) is 20.5 Å². The molecule has 1 aliphatic rings. The number of aliphatic hydroxyl groups excluding tert-OH is 1. The quantitative estimate of drug-likeness (QED) is 0.370. The van der Waals surface area contributed by atoms with Crippen LogP contribution in [0.25, 0.3) is 0 Å². The molecule has 2 heterocycles. The zero-order chi connectivity index (χ0) is 28.6. The van der Waals surface area contributed by atoms with Gasteiger partial charge in [-0.1, -0.05) is 13.0 Å². The average molecular weight is 548 g/mol. The Kier molecular flexibility index (Phi) is 9.57. The first-order valence-electron chi connectivity index (χ1n) is 13.3. The Morgan fingerprint density at radius 1 is 1.18 bits per heavy atom. The number of carbonyl (C=O) groups excluding carboxylic acids is 2. The number of hydrogen-bond donors (Lipinski definition) is 3. The van der Waals surface area contributed by atoms with Crippen LogP contribution in [-0.2, 0) is 6.54 Å². The fourth-order valence-electron chi connectivity index (χ4n) is 4.69. The van der Waals surface area contributed by atoms with Gasteiger partial charge in [-0.3, -0.25) is 14.7 Å². The van der Waals surface area contributed by atoms with E-state index in [1.54, 1.807) is 66.9 Å². The van der Waals surface area contributed by atoms with E-state index in [1.165, 1.54) is 0 Å². The van der Waals surface area contributed by atoms with Crippen molar-refractivity contribution in [3.05, 3.63) is 78.1 Å². The van der Waals surface area contributed by atoms with Crippen LogP contribution >= 0.6 is 0 Å². The van der Waals surface area contributed by atoms with Crippen molar-refractivity contribution in [1.82, 2.24) is 14.8 Å². The van der Waals surface area contributed by atoms with Gasteiger partial charge >= 0.3 is 6.03 Å². The highest BCUT2D eigenvalue weighted by Crippen LogP contribution is 2.35. The molecule has 1 aliphatic heterocycles. The molecule has 212 valence electrons. The number of rotatable bonds is 9. The van der Waals surface area contributed by atoms with Crippen molar-refractivity contribution in [2.45, 2.75) is 32.5 Å². The van der Waals surface area contributed by atoms with E-state index in [9.17, 15) is 14.7 Å². The molecule has 0 unspecified atom stereocenters. The van der Waals surface area contributed by atoms with Crippen LogP contribution in [0.2, 0.25) is 0 Å². The van der Waals surface area contributed by atoms with Gasteiger partial charge in [-0.25, -0.2) is 4.79 Å². The lowest BCUT2D eigenvalue weighted by molar-refractivity contribution is 0.0343. The third-order valence-electron chi connectivity index (χ3n) is 6.98. The smallest absolute Gasteiger partial charge is 0.323 e. The van der Waals surface area contributed by atoms with Gasteiger partial charge in [0.2, 0.25) is 0 Å². The van der Waals surface area contributed by atoms with Crippen LogP contribution in [0.1, 0.15) is 29.8 Å². The molecule has 0 radical (unpaired) electrons. The summed E-state index contributed by atoms with van der Waals surface area (Å²) in [5, 5.41) is 15.6. The van der Waals surface area contributed by atoms with Crippen LogP contribution in [0.3, 0.4) is 0 Å². The van der Waals surface area contributed by atoms with Gasteiger partial charge in [0.05, 0.1) is 31.0 Å². The highest BCUT2D eigenvalue weighted by molar-refractivity contribution is 6.04. The zero-order valence-corrected chi connectivity index (χ0v) is 23.3. The average Bonchev–Trinajstić information content (AvgIpc) is 2.95. The first kappa shape index (κ1) is 28.8. The second kappa shape index (κ2) is 13.3. The highest BCUT2D eigenvalue weighted by atomic mass is 16.5. The molecule has 10 nitrogen and oxygen atoms in total. The minimum Gasteiger partial charge on any atom is -0.497 e. The number of aromatic nitrogens is 1. The molecule has 0 saturated heterocycles. The van der Waals surface area contributed by atoms with Crippen molar-refractivity contribution in [2.24, 2.45) is 5.92 Å². The monoisotopic (exact) mass is 547 g/mol. The second-order valence-corrected chi connectivity index (χ2v) is 10.2. The number of urea groups is 1. The summed E-state index contributed by atoms with van der Waals surface area (Å²) in [6.45, 7) is 5.38. The van der Waals surface area contributed by atoms with Crippen LogP contribution in [0, 0.1) is 5.92 Å². The van der Waals surface area contributed by atoms with Crippen LogP contribution in [0.15, 0.2) is 67.0 Å². The topological polar surface area (TPSA) is 116 Å². The molecule has 10 heteroatoms. The van der Waals surface area contributed by atoms with E-state index in [0.29, 0.717) is 48.1 Å². The molecular formula is C30H37N5O5. The van der Waals surface area contributed by atoms with E-state index >= 15 is 0 Å². The number of nitrogens with one attached hydrogen (secondary N) is 2. The number of benzene rings is 2. The Morgan fingerprint density at radius 3 is 2.58 bits per heavy atom. The standard InChI is InChI=1S/C30H37N5O5/c1-20-16-35(21(2)19-36)29(37)25-6-5-7-26(33-30(38)32-23-8-10-24(39-4)11-9-23)28(25)40-27(20)18-34(3)17-22-12-14-31-15-13-22/h5-15,20-21,27,36H,16-19H2,1-4H3,(H2,32,33,38)/t20-,21-,27+/m0/s1. The molecule has 0 bridgehead atoms. The first-order valence-corrected chi connectivity index (χ1v) is 13.3. The van der Waals surface area contributed by atoms with Gasteiger partial charge in [0.15, 0.2) is 5.75 Å². The van der Waals surface area contributed by atoms with Crippen molar-refractivity contribution < 1.29 is 24.2 Å². The number of methoxy groups -OCH3 is 1. The van der Waals surface area contributed by atoms with Crippen LogP contribution in [0.4, 0.5) is 16.2 Å². The van der Waals surface area contributed by atoms with Gasteiger partial charge in [-0.2, -0.15) is 0 Å². The third-order valence-corrected chi connectivity index (χ3v) is 6.98. The van der Waals surface area contributed by atoms with E-state index in [4.69, 9.17) is 9.47 Å². The molecule has 40 heavy (non-hydrogen) atoms. The molecular weight excluding hydrogens is 510 g/mol. The number of hydrogen-bond acceptors (Lipinski definition) is 7. The Bertz CT molecular complexity index is 1290. The number of para-hydroxylation sites is 1. The number of aliphatic hydroxyl groups is 1. The molecule has 2 aromatic carbocycles. The van der Waals surface area contributed by atoms with Crippen molar-refractivity contribution in [2.75, 3.05) is 44.5 Å². The largest absolute Gasteiger partial charge is 0.497 e. The summed E-state index contributed by atoms with van der Waals surface area (Å²) in [5.74, 6) is 0.665.